The van der Waals surface area contributed by atoms with Crippen molar-refractivity contribution in [1.29, 1.82) is 0 Å². The highest BCUT2D eigenvalue weighted by Crippen LogP contribution is 2.46. The maximum atomic E-state index is 13.7. The number of carbonyl (C=O) groups is 3. The molecule has 4 rings (SSSR count). The number of benzene rings is 1. The van der Waals surface area contributed by atoms with E-state index in [0.29, 0.717) is 25.7 Å². The molecule has 2 N–H and O–H groups in total. The fourth-order valence-corrected chi connectivity index (χ4v) is 9.09. The molecule has 0 atom stereocenters. The first-order valence-electron chi connectivity index (χ1n) is 16.7. The summed E-state index contributed by atoms with van der Waals surface area (Å²) < 4.78 is 18.1. The molecular formula is C37H58N2O6. The average Bonchev–Trinajstić information content (AvgIpc) is 2.77. The number of rotatable bonds is 6. The molecule has 0 unspecified atom stereocenters. The molecule has 8 nitrogen and oxygen atoms in total. The Morgan fingerprint density at radius 1 is 0.489 bits per heavy atom. The van der Waals surface area contributed by atoms with Crippen LogP contribution in [0.2, 0.25) is 0 Å². The first-order chi connectivity index (χ1) is 20.3. The quantitative estimate of drug-likeness (QED) is 0.249. The number of esters is 3. The van der Waals surface area contributed by atoms with Gasteiger partial charge in [0.1, 0.15) is 18.3 Å². The summed E-state index contributed by atoms with van der Waals surface area (Å²) in [5.74, 6) is -1.69. The summed E-state index contributed by atoms with van der Waals surface area (Å²) in [6.07, 6.45) is 4.23. The largest absolute Gasteiger partial charge is 0.459 e. The number of nitrogens with one attached hydrogen (secondary N) is 2. The molecule has 1 aromatic rings. The molecule has 0 aromatic heterocycles. The van der Waals surface area contributed by atoms with Crippen molar-refractivity contribution in [2.24, 2.45) is 10.8 Å². The number of hydrogen-bond donors (Lipinski definition) is 2. The Bertz CT molecular complexity index is 1090. The Kier molecular flexibility index (Phi) is 9.42. The van der Waals surface area contributed by atoms with E-state index < -0.39 is 17.9 Å². The summed E-state index contributed by atoms with van der Waals surface area (Å²) in [5, 5.41) is 7.21. The van der Waals surface area contributed by atoms with Gasteiger partial charge in [-0.25, -0.2) is 14.4 Å². The summed E-state index contributed by atoms with van der Waals surface area (Å²) >= 11 is 0. The van der Waals surface area contributed by atoms with Gasteiger partial charge in [-0.1, -0.05) is 27.7 Å². The maximum Gasteiger partial charge on any atom is 0.338 e. The van der Waals surface area contributed by atoms with Crippen LogP contribution in [0.3, 0.4) is 0 Å². The van der Waals surface area contributed by atoms with Crippen LogP contribution in [0.1, 0.15) is 159 Å². The first-order valence-corrected chi connectivity index (χ1v) is 16.7. The second kappa shape index (κ2) is 12.0. The van der Waals surface area contributed by atoms with E-state index in [2.05, 4.69) is 93.7 Å². The Hall–Kier alpha value is -2.45. The van der Waals surface area contributed by atoms with Gasteiger partial charge in [0.05, 0.1) is 16.7 Å². The van der Waals surface area contributed by atoms with Crippen molar-refractivity contribution in [3.63, 3.8) is 0 Å². The van der Waals surface area contributed by atoms with E-state index in [-0.39, 0.29) is 68.0 Å². The summed E-state index contributed by atoms with van der Waals surface area (Å²) in [6, 6.07) is 4.48. The van der Waals surface area contributed by atoms with Gasteiger partial charge < -0.3 is 24.8 Å². The zero-order valence-corrected chi connectivity index (χ0v) is 29.9. The van der Waals surface area contributed by atoms with Crippen LogP contribution >= 0.6 is 0 Å². The molecule has 3 aliphatic rings. The van der Waals surface area contributed by atoms with Gasteiger partial charge >= 0.3 is 17.9 Å². The highest BCUT2D eigenvalue weighted by Gasteiger charge is 2.42. The normalized spacial score (nSPS) is 25.6. The van der Waals surface area contributed by atoms with Gasteiger partial charge in [0, 0.05) is 47.8 Å². The van der Waals surface area contributed by atoms with Crippen LogP contribution in [-0.4, -0.2) is 58.4 Å². The van der Waals surface area contributed by atoms with Gasteiger partial charge in [0.25, 0.3) is 0 Å². The van der Waals surface area contributed by atoms with Crippen molar-refractivity contribution < 1.29 is 28.6 Å². The number of hydrogen-bond acceptors (Lipinski definition) is 8. The second-order valence-electron chi connectivity index (χ2n) is 18.4. The number of piperidine rings is 2. The smallest absolute Gasteiger partial charge is 0.338 e. The maximum absolute atomic E-state index is 13.7. The van der Waals surface area contributed by atoms with E-state index in [1.807, 2.05) is 0 Å². The number of ether oxygens (including phenoxy) is 3. The molecule has 2 saturated heterocycles. The molecule has 1 saturated carbocycles. The Morgan fingerprint density at radius 2 is 0.733 bits per heavy atom. The van der Waals surface area contributed by atoms with Crippen LogP contribution in [0.15, 0.2) is 18.2 Å². The Labute approximate surface area is 271 Å². The first kappa shape index (κ1) is 35.4. The molecule has 2 heterocycles. The zero-order chi connectivity index (χ0) is 33.8. The SMILES string of the molecule is CC1(C)CC(OC(=O)c2cc(C(=O)OC3CC(C)(C)NC(C)(C)C3)cc(C(=O)OC3CC(C)(C)NC(C)(C)C3)c2)CC(C)(C)C1. The van der Waals surface area contributed by atoms with Crippen molar-refractivity contribution in [2.75, 3.05) is 0 Å². The van der Waals surface area contributed by atoms with Crippen molar-refractivity contribution in [2.45, 2.75) is 168 Å². The molecule has 252 valence electrons. The third-order valence-corrected chi connectivity index (χ3v) is 9.28. The minimum Gasteiger partial charge on any atom is -0.459 e. The van der Waals surface area contributed by atoms with Gasteiger partial charge in [0.15, 0.2) is 0 Å². The summed E-state index contributed by atoms with van der Waals surface area (Å²) in [4.78, 5) is 41.0. The van der Waals surface area contributed by atoms with Gasteiger partial charge in [-0.3, -0.25) is 0 Å². The summed E-state index contributed by atoms with van der Waals surface area (Å²) in [5.41, 5.74) is -0.385. The predicted octanol–water partition coefficient (Wildman–Crippen LogP) is 7.38. The predicted molar refractivity (Wildman–Crippen MR) is 177 cm³/mol. The van der Waals surface area contributed by atoms with Crippen molar-refractivity contribution >= 4 is 17.9 Å². The average molecular weight is 627 g/mol. The van der Waals surface area contributed by atoms with E-state index in [0.717, 1.165) is 19.3 Å². The van der Waals surface area contributed by atoms with Crippen LogP contribution in [0.25, 0.3) is 0 Å². The summed E-state index contributed by atoms with van der Waals surface area (Å²) in [7, 11) is 0. The molecular weight excluding hydrogens is 568 g/mol. The Morgan fingerprint density at radius 3 is 1.00 bits per heavy atom. The molecule has 2 aliphatic heterocycles. The molecule has 0 radical (unpaired) electrons. The van der Waals surface area contributed by atoms with Crippen molar-refractivity contribution in [3.8, 4) is 0 Å². The topological polar surface area (TPSA) is 103 Å². The van der Waals surface area contributed by atoms with E-state index in [1.165, 1.54) is 18.2 Å². The fraction of sp³-hybridized carbons (Fsp3) is 0.757. The minimum atomic E-state index is -0.568. The molecule has 8 heteroatoms. The second-order valence-corrected chi connectivity index (χ2v) is 18.4. The van der Waals surface area contributed by atoms with Crippen LogP contribution in [0.5, 0.6) is 0 Å². The van der Waals surface area contributed by atoms with E-state index in [9.17, 15) is 14.4 Å². The highest BCUT2D eigenvalue weighted by molar-refractivity contribution is 6.00. The highest BCUT2D eigenvalue weighted by atomic mass is 16.6. The standard InChI is InChI=1S/C37H58N2O6/c1-32(2)16-26(17-33(3,4)22-32)43-29(40)23-13-24(30(41)44-27-18-34(5,6)38-35(7,8)19-27)15-25(14-23)31(42)45-28-20-36(9,10)39-37(11,12)21-28/h13-15,26-28,38-39H,16-22H2,1-12H3. The Balaban J connectivity index is 1.61. The monoisotopic (exact) mass is 626 g/mol. The van der Waals surface area contributed by atoms with E-state index in [4.69, 9.17) is 14.2 Å². The minimum absolute atomic E-state index is 0.0279. The van der Waals surface area contributed by atoms with Crippen molar-refractivity contribution in [1.82, 2.24) is 10.6 Å². The molecule has 0 spiro atoms. The molecule has 3 fully saturated rings. The lowest BCUT2D eigenvalue weighted by atomic mass is 9.64. The molecule has 0 bridgehead atoms. The third-order valence-electron chi connectivity index (χ3n) is 9.28. The fourth-order valence-electron chi connectivity index (χ4n) is 9.09. The number of carbonyl (C=O) groups excluding carboxylic acids is 3. The van der Waals surface area contributed by atoms with Crippen molar-refractivity contribution in [3.05, 3.63) is 34.9 Å². The molecule has 1 aromatic carbocycles. The lowest BCUT2D eigenvalue weighted by molar-refractivity contribution is -0.0283. The van der Waals surface area contributed by atoms with Crippen LogP contribution < -0.4 is 10.6 Å². The summed E-state index contributed by atoms with van der Waals surface area (Å²) in [6.45, 7) is 25.6. The van der Waals surface area contributed by atoms with Crippen LogP contribution in [0.4, 0.5) is 0 Å². The van der Waals surface area contributed by atoms with Gasteiger partial charge in [-0.05, 0) is 104 Å². The third kappa shape index (κ3) is 9.77. The van der Waals surface area contributed by atoms with Gasteiger partial charge in [0.2, 0.25) is 0 Å². The lowest BCUT2D eigenvalue weighted by Crippen LogP contribution is -2.59. The van der Waals surface area contributed by atoms with Crippen LogP contribution in [0, 0.1) is 10.8 Å². The van der Waals surface area contributed by atoms with E-state index in [1.54, 1.807) is 0 Å². The molecule has 0 amide bonds. The van der Waals surface area contributed by atoms with Gasteiger partial charge in [-0.15, -0.1) is 0 Å². The van der Waals surface area contributed by atoms with E-state index >= 15 is 0 Å². The van der Waals surface area contributed by atoms with Gasteiger partial charge in [-0.2, -0.15) is 0 Å². The zero-order valence-electron chi connectivity index (χ0n) is 29.9. The molecule has 1 aliphatic carbocycles. The molecule has 45 heavy (non-hydrogen) atoms. The lowest BCUT2D eigenvalue weighted by Gasteiger charge is -2.45. The van der Waals surface area contributed by atoms with Crippen LogP contribution in [-0.2, 0) is 14.2 Å².